The molecular weight excluding hydrogens is 282 g/mol. The van der Waals surface area contributed by atoms with Crippen LogP contribution in [0.25, 0.3) is 5.69 Å². The average molecular weight is 303 g/mol. The summed E-state index contributed by atoms with van der Waals surface area (Å²) in [5, 5.41) is 18.6. The number of thioether (sulfide) groups is 1. The Morgan fingerprint density at radius 1 is 1.10 bits per heavy atom. The molecule has 5 heteroatoms. The van der Waals surface area contributed by atoms with Gasteiger partial charge in [-0.05, 0) is 37.8 Å². The average Bonchev–Trinajstić information content (AvgIpc) is 3.28. The highest BCUT2D eigenvalue weighted by Gasteiger charge is 2.30. The van der Waals surface area contributed by atoms with Crippen LogP contribution in [-0.2, 0) is 0 Å². The van der Waals surface area contributed by atoms with Crippen molar-refractivity contribution < 1.29 is 5.11 Å². The van der Waals surface area contributed by atoms with Crippen molar-refractivity contribution in [3.8, 4) is 5.69 Å². The molecule has 1 heterocycles. The van der Waals surface area contributed by atoms with Crippen LogP contribution in [0, 0.1) is 0 Å². The van der Waals surface area contributed by atoms with Gasteiger partial charge in [0.1, 0.15) is 5.82 Å². The van der Waals surface area contributed by atoms with Gasteiger partial charge in [-0.1, -0.05) is 36.4 Å². The Labute approximate surface area is 129 Å². The largest absolute Gasteiger partial charge is 0.396 e. The van der Waals surface area contributed by atoms with Crippen LogP contribution in [-0.4, -0.2) is 32.2 Å². The highest BCUT2D eigenvalue weighted by molar-refractivity contribution is 7.99. The first-order chi connectivity index (χ1) is 10.4. The predicted molar refractivity (Wildman–Crippen MR) is 85.0 cm³/mol. The van der Waals surface area contributed by atoms with Crippen molar-refractivity contribution in [3.63, 3.8) is 0 Å². The molecule has 1 saturated carbocycles. The van der Waals surface area contributed by atoms with Crippen molar-refractivity contribution in [1.82, 2.24) is 14.8 Å². The highest BCUT2D eigenvalue weighted by Crippen LogP contribution is 2.41. The summed E-state index contributed by atoms with van der Waals surface area (Å²) in [6.45, 7) is 0.288. The fraction of sp³-hybridized carbons (Fsp3) is 0.500. The van der Waals surface area contributed by atoms with Gasteiger partial charge < -0.3 is 5.11 Å². The summed E-state index contributed by atoms with van der Waals surface area (Å²) in [5.41, 5.74) is 1.15. The van der Waals surface area contributed by atoms with E-state index >= 15 is 0 Å². The Morgan fingerprint density at radius 2 is 1.90 bits per heavy atom. The summed E-state index contributed by atoms with van der Waals surface area (Å²) < 4.78 is 2.22. The van der Waals surface area contributed by atoms with Crippen LogP contribution in [0.4, 0.5) is 0 Å². The minimum Gasteiger partial charge on any atom is -0.396 e. The molecule has 3 rings (SSSR count). The van der Waals surface area contributed by atoms with Crippen LogP contribution in [0.15, 0.2) is 35.5 Å². The lowest BCUT2D eigenvalue weighted by Crippen LogP contribution is -2.01. The van der Waals surface area contributed by atoms with Gasteiger partial charge in [0.05, 0.1) is 0 Å². The number of rotatable bonds is 8. The Balaban J connectivity index is 1.74. The molecule has 1 N–H and O–H groups in total. The van der Waals surface area contributed by atoms with Gasteiger partial charge in [0.15, 0.2) is 5.16 Å². The molecule has 0 aliphatic heterocycles. The molecule has 1 aliphatic rings. The number of hydrogen-bond acceptors (Lipinski definition) is 4. The molecule has 1 fully saturated rings. The molecule has 0 saturated heterocycles. The third kappa shape index (κ3) is 3.66. The first-order valence-electron chi connectivity index (χ1n) is 7.64. The van der Waals surface area contributed by atoms with Crippen molar-refractivity contribution >= 4 is 11.8 Å². The molecular formula is C16H21N3OS. The van der Waals surface area contributed by atoms with E-state index in [1.807, 2.05) is 6.07 Å². The lowest BCUT2D eigenvalue weighted by molar-refractivity contribution is 0.284. The van der Waals surface area contributed by atoms with E-state index in [4.69, 9.17) is 5.11 Å². The SMILES string of the molecule is OCCCCCSc1nnc(C2CC2)n1-c1ccccc1. The monoisotopic (exact) mass is 303 g/mol. The molecule has 0 amide bonds. The van der Waals surface area contributed by atoms with E-state index in [9.17, 15) is 0 Å². The number of nitrogens with zero attached hydrogens (tertiary/aromatic N) is 3. The normalized spacial score (nSPS) is 14.5. The Hall–Kier alpha value is -1.33. The number of aromatic nitrogens is 3. The number of hydrogen-bond donors (Lipinski definition) is 1. The smallest absolute Gasteiger partial charge is 0.195 e. The predicted octanol–water partition coefficient (Wildman–Crippen LogP) is 3.40. The van der Waals surface area contributed by atoms with Crippen molar-refractivity contribution in [3.05, 3.63) is 36.2 Å². The van der Waals surface area contributed by atoms with Gasteiger partial charge in [-0.15, -0.1) is 10.2 Å². The van der Waals surface area contributed by atoms with Crippen LogP contribution in [0.1, 0.15) is 43.8 Å². The lowest BCUT2D eigenvalue weighted by atomic mass is 10.3. The van der Waals surface area contributed by atoms with Gasteiger partial charge in [0.2, 0.25) is 0 Å². The van der Waals surface area contributed by atoms with Crippen LogP contribution in [0.5, 0.6) is 0 Å². The maximum atomic E-state index is 8.81. The minimum absolute atomic E-state index is 0.288. The van der Waals surface area contributed by atoms with E-state index < -0.39 is 0 Å². The molecule has 0 atom stereocenters. The van der Waals surface area contributed by atoms with Crippen LogP contribution in [0.2, 0.25) is 0 Å². The summed E-state index contributed by atoms with van der Waals surface area (Å²) in [7, 11) is 0. The Kier molecular flexibility index (Phi) is 4.93. The molecule has 0 bridgehead atoms. The van der Waals surface area contributed by atoms with Crippen LogP contribution >= 0.6 is 11.8 Å². The van der Waals surface area contributed by atoms with Gasteiger partial charge in [0, 0.05) is 24.0 Å². The summed E-state index contributed by atoms with van der Waals surface area (Å²) >= 11 is 1.77. The zero-order chi connectivity index (χ0) is 14.5. The van der Waals surface area contributed by atoms with Gasteiger partial charge in [-0.3, -0.25) is 4.57 Å². The second-order valence-corrected chi connectivity index (χ2v) is 6.48. The standard InChI is InChI=1S/C16H21N3OS/c20-11-5-2-6-12-21-16-18-17-15(13-9-10-13)19(16)14-7-3-1-4-8-14/h1,3-4,7-8,13,20H,2,5-6,9-12H2. The maximum Gasteiger partial charge on any atom is 0.195 e. The number of para-hydroxylation sites is 1. The molecule has 0 radical (unpaired) electrons. The molecule has 2 aromatic rings. The summed E-state index contributed by atoms with van der Waals surface area (Å²) in [4.78, 5) is 0. The zero-order valence-electron chi connectivity index (χ0n) is 12.1. The minimum atomic E-state index is 0.288. The van der Waals surface area contributed by atoms with E-state index in [0.717, 1.165) is 41.7 Å². The summed E-state index contributed by atoms with van der Waals surface area (Å²) in [5.74, 6) is 2.72. The molecule has 0 spiro atoms. The topological polar surface area (TPSA) is 50.9 Å². The number of aliphatic hydroxyl groups excluding tert-OH is 1. The fourth-order valence-electron chi connectivity index (χ4n) is 2.35. The van der Waals surface area contributed by atoms with Crippen molar-refractivity contribution in [2.45, 2.75) is 43.2 Å². The lowest BCUT2D eigenvalue weighted by Gasteiger charge is -2.09. The van der Waals surface area contributed by atoms with E-state index in [1.165, 1.54) is 12.8 Å². The maximum absolute atomic E-state index is 8.81. The number of aliphatic hydroxyl groups is 1. The molecule has 1 aromatic heterocycles. The van der Waals surface area contributed by atoms with Gasteiger partial charge in [0.25, 0.3) is 0 Å². The van der Waals surface area contributed by atoms with Crippen molar-refractivity contribution in [2.75, 3.05) is 12.4 Å². The molecule has 4 nitrogen and oxygen atoms in total. The molecule has 112 valence electrons. The summed E-state index contributed by atoms with van der Waals surface area (Å²) in [6.07, 6.45) is 5.52. The van der Waals surface area contributed by atoms with Crippen molar-refractivity contribution in [1.29, 1.82) is 0 Å². The van der Waals surface area contributed by atoms with Crippen LogP contribution < -0.4 is 0 Å². The number of unbranched alkanes of at least 4 members (excludes halogenated alkanes) is 2. The summed E-state index contributed by atoms with van der Waals surface area (Å²) in [6, 6.07) is 10.4. The van der Waals surface area contributed by atoms with E-state index in [2.05, 4.69) is 39.0 Å². The van der Waals surface area contributed by atoms with Crippen molar-refractivity contribution in [2.24, 2.45) is 0 Å². The zero-order valence-corrected chi connectivity index (χ0v) is 12.9. The molecule has 21 heavy (non-hydrogen) atoms. The third-order valence-electron chi connectivity index (χ3n) is 3.65. The Morgan fingerprint density at radius 3 is 2.62 bits per heavy atom. The molecule has 1 aromatic carbocycles. The third-order valence-corrected chi connectivity index (χ3v) is 4.66. The fourth-order valence-corrected chi connectivity index (χ4v) is 3.31. The van der Waals surface area contributed by atoms with E-state index in [-0.39, 0.29) is 6.61 Å². The van der Waals surface area contributed by atoms with Gasteiger partial charge in [-0.2, -0.15) is 0 Å². The van der Waals surface area contributed by atoms with Gasteiger partial charge in [-0.25, -0.2) is 0 Å². The quantitative estimate of drug-likeness (QED) is 0.600. The van der Waals surface area contributed by atoms with E-state index in [0.29, 0.717) is 5.92 Å². The first kappa shape index (κ1) is 14.6. The van der Waals surface area contributed by atoms with Gasteiger partial charge >= 0.3 is 0 Å². The number of benzene rings is 1. The first-order valence-corrected chi connectivity index (χ1v) is 8.63. The second kappa shape index (κ2) is 7.09. The van der Waals surface area contributed by atoms with E-state index in [1.54, 1.807) is 11.8 Å². The van der Waals surface area contributed by atoms with Crippen LogP contribution in [0.3, 0.4) is 0 Å². The molecule has 1 aliphatic carbocycles. The highest BCUT2D eigenvalue weighted by atomic mass is 32.2. The Bertz CT molecular complexity index is 566. The second-order valence-electron chi connectivity index (χ2n) is 5.42. The molecule has 0 unspecified atom stereocenters.